The van der Waals surface area contributed by atoms with E-state index >= 15 is 0 Å². The van der Waals surface area contributed by atoms with Crippen LogP contribution in [0.3, 0.4) is 0 Å². The fraction of sp³-hybridized carbons (Fsp3) is 0.417. The van der Waals surface area contributed by atoms with Crippen LogP contribution in [0.4, 0.5) is 4.39 Å². The van der Waals surface area contributed by atoms with E-state index in [9.17, 15) is 9.18 Å². The lowest BCUT2D eigenvalue weighted by molar-refractivity contribution is 0.0779. The molecule has 1 fully saturated rings. The Morgan fingerprint density at radius 2 is 2.35 bits per heavy atom. The number of halogens is 1. The van der Waals surface area contributed by atoms with E-state index in [-0.39, 0.29) is 18.1 Å². The van der Waals surface area contributed by atoms with E-state index in [2.05, 4.69) is 10.6 Å². The Balaban J connectivity index is 2.01. The van der Waals surface area contributed by atoms with Crippen LogP contribution >= 0.6 is 0 Å². The van der Waals surface area contributed by atoms with E-state index in [1.807, 2.05) is 0 Å². The van der Waals surface area contributed by atoms with Gasteiger partial charge >= 0.3 is 0 Å². The highest BCUT2D eigenvalue weighted by Crippen LogP contribution is 2.07. The summed E-state index contributed by atoms with van der Waals surface area (Å²) < 4.78 is 18.2. The number of amides is 1. The highest BCUT2D eigenvalue weighted by molar-refractivity contribution is 5.94. The molecular weight excluding hydrogens is 223 g/mol. The lowest BCUT2D eigenvalue weighted by Crippen LogP contribution is -2.43. The molecule has 2 rings (SSSR count). The van der Waals surface area contributed by atoms with Crippen LogP contribution in [0.25, 0.3) is 0 Å². The maximum Gasteiger partial charge on any atom is 0.251 e. The maximum atomic E-state index is 13.0. The van der Waals surface area contributed by atoms with Gasteiger partial charge in [0.15, 0.2) is 0 Å². The lowest BCUT2D eigenvalue weighted by atomic mass is 10.1. The molecule has 17 heavy (non-hydrogen) atoms. The fourth-order valence-electron chi connectivity index (χ4n) is 1.93. The van der Waals surface area contributed by atoms with Crippen molar-refractivity contribution in [3.63, 3.8) is 0 Å². The third kappa shape index (κ3) is 2.81. The molecule has 0 aliphatic carbocycles. The van der Waals surface area contributed by atoms with E-state index in [0.29, 0.717) is 18.7 Å². The smallest absolute Gasteiger partial charge is 0.251 e. The van der Waals surface area contributed by atoms with Crippen LogP contribution in [0.1, 0.15) is 10.4 Å². The number of hydrogen-bond acceptors (Lipinski definition) is 3. The normalized spacial score (nSPS) is 23.6. The Hall–Kier alpha value is -1.46. The van der Waals surface area contributed by atoms with Crippen molar-refractivity contribution in [2.24, 2.45) is 0 Å². The van der Waals surface area contributed by atoms with Crippen LogP contribution in [0, 0.1) is 5.82 Å². The lowest BCUT2D eigenvalue weighted by Gasteiger charge is -2.18. The van der Waals surface area contributed by atoms with Gasteiger partial charge in [-0.2, -0.15) is 0 Å². The molecule has 4 nitrogen and oxygen atoms in total. The topological polar surface area (TPSA) is 50.4 Å². The summed E-state index contributed by atoms with van der Waals surface area (Å²) in [4.78, 5) is 11.9. The molecule has 2 N–H and O–H groups in total. The molecule has 1 aliphatic heterocycles. The molecule has 92 valence electrons. The zero-order valence-corrected chi connectivity index (χ0v) is 9.57. The van der Waals surface area contributed by atoms with Crippen molar-refractivity contribution in [3.05, 3.63) is 35.6 Å². The number of rotatable bonds is 3. The minimum absolute atomic E-state index is 0.0347. The van der Waals surface area contributed by atoms with E-state index in [1.165, 1.54) is 18.2 Å². The van der Waals surface area contributed by atoms with Crippen molar-refractivity contribution in [3.8, 4) is 0 Å². The summed E-state index contributed by atoms with van der Waals surface area (Å²) >= 11 is 0. The second-order valence-corrected chi connectivity index (χ2v) is 4.02. The minimum Gasteiger partial charge on any atom is -0.378 e. The molecule has 1 aromatic rings. The molecule has 1 unspecified atom stereocenters. The fourth-order valence-corrected chi connectivity index (χ4v) is 1.93. The van der Waals surface area contributed by atoms with Gasteiger partial charge in [-0.15, -0.1) is 0 Å². The van der Waals surface area contributed by atoms with E-state index in [4.69, 9.17) is 4.74 Å². The van der Waals surface area contributed by atoms with Gasteiger partial charge in [-0.05, 0) is 18.2 Å². The average Bonchev–Trinajstić information content (AvgIpc) is 2.76. The zero-order valence-electron chi connectivity index (χ0n) is 9.57. The number of methoxy groups -OCH3 is 1. The molecule has 0 aromatic heterocycles. The summed E-state index contributed by atoms with van der Waals surface area (Å²) in [7, 11) is 1.61. The number of carbonyl (C=O) groups is 1. The molecule has 2 atom stereocenters. The Morgan fingerprint density at radius 3 is 3.06 bits per heavy atom. The highest BCUT2D eigenvalue weighted by atomic mass is 19.1. The average molecular weight is 238 g/mol. The van der Waals surface area contributed by atoms with Crippen LogP contribution < -0.4 is 10.6 Å². The third-order valence-corrected chi connectivity index (χ3v) is 2.86. The largest absolute Gasteiger partial charge is 0.378 e. The summed E-state index contributed by atoms with van der Waals surface area (Å²) in [5.41, 5.74) is 0.326. The Morgan fingerprint density at radius 1 is 1.53 bits per heavy atom. The van der Waals surface area contributed by atoms with Crippen molar-refractivity contribution in [2.75, 3.05) is 20.2 Å². The van der Waals surface area contributed by atoms with Gasteiger partial charge in [-0.25, -0.2) is 4.39 Å². The maximum absolute atomic E-state index is 13.0. The van der Waals surface area contributed by atoms with Gasteiger partial charge in [0.1, 0.15) is 5.82 Å². The predicted molar refractivity (Wildman–Crippen MR) is 61.3 cm³/mol. The van der Waals surface area contributed by atoms with E-state index in [0.717, 1.165) is 0 Å². The number of carbonyl (C=O) groups excluding carboxylic acids is 1. The molecular formula is C12H15FN2O2. The summed E-state index contributed by atoms with van der Waals surface area (Å²) in [6, 6.07) is 5.56. The van der Waals surface area contributed by atoms with E-state index < -0.39 is 5.82 Å². The molecule has 0 bridgehead atoms. The SMILES string of the molecule is CO[C@@H]1CNCC1NC(=O)c1cccc(F)c1. The first-order valence-electron chi connectivity index (χ1n) is 5.50. The first-order chi connectivity index (χ1) is 8.20. The summed E-state index contributed by atoms with van der Waals surface area (Å²) in [5, 5.41) is 5.96. The Kier molecular flexibility index (Phi) is 3.71. The molecule has 1 amide bonds. The second kappa shape index (κ2) is 5.25. The Labute approximate surface area is 99.2 Å². The molecule has 1 saturated heterocycles. The summed E-state index contributed by atoms with van der Waals surface area (Å²) in [5.74, 6) is -0.689. The van der Waals surface area contributed by atoms with Crippen molar-refractivity contribution in [1.29, 1.82) is 0 Å². The summed E-state index contributed by atoms with van der Waals surface area (Å²) in [6.07, 6.45) is -0.0347. The third-order valence-electron chi connectivity index (χ3n) is 2.86. The van der Waals surface area contributed by atoms with Gasteiger partial charge in [-0.3, -0.25) is 4.79 Å². The van der Waals surface area contributed by atoms with Gasteiger partial charge in [0.25, 0.3) is 5.91 Å². The molecule has 0 radical (unpaired) electrons. The van der Waals surface area contributed by atoms with Gasteiger partial charge in [0.2, 0.25) is 0 Å². The summed E-state index contributed by atoms with van der Waals surface area (Å²) in [6.45, 7) is 1.38. The molecule has 1 heterocycles. The van der Waals surface area contributed by atoms with Crippen LogP contribution in [0.15, 0.2) is 24.3 Å². The monoisotopic (exact) mass is 238 g/mol. The van der Waals surface area contributed by atoms with Crippen LogP contribution in [-0.2, 0) is 4.74 Å². The van der Waals surface area contributed by atoms with Crippen LogP contribution in [-0.4, -0.2) is 38.3 Å². The van der Waals surface area contributed by atoms with Gasteiger partial charge in [-0.1, -0.05) is 6.07 Å². The minimum atomic E-state index is -0.412. The van der Waals surface area contributed by atoms with Crippen molar-refractivity contribution >= 4 is 5.91 Å². The predicted octanol–water partition coefficient (Wildman–Crippen LogP) is 0.542. The Bertz CT molecular complexity index is 411. The van der Waals surface area contributed by atoms with Gasteiger partial charge < -0.3 is 15.4 Å². The highest BCUT2D eigenvalue weighted by Gasteiger charge is 2.28. The second-order valence-electron chi connectivity index (χ2n) is 4.02. The zero-order chi connectivity index (χ0) is 12.3. The van der Waals surface area contributed by atoms with Crippen molar-refractivity contribution in [2.45, 2.75) is 12.1 Å². The van der Waals surface area contributed by atoms with Gasteiger partial charge in [0, 0.05) is 25.8 Å². The molecule has 1 aliphatic rings. The number of benzene rings is 1. The first-order valence-corrected chi connectivity index (χ1v) is 5.50. The molecule has 5 heteroatoms. The van der Waals surface area contributed by atoms with Crippen LogP contribution in [0.2, 0.25) is 0 Å². The molecule has 0 spiro atoms. The first kappa shape index (κ1) is 12.0. The standard InChI is InChI=1S/C12H15FN2O2/c1-17-11-7-14-6-10(11)15-12(16)8-3-2-4-9(13)5-8/h2-5,10-11,14H,6-7H2,1H3,(H,15,16)/t10?,11-/m1/s1. The van der Waals surface area contributed by atoms with Gasteiger partial charge in [0.05, 0.1) is 12.1 Å². The van der Waals surface area contributed by atoms with Crippen LogP contribution in [0.5, 0.6) is 0 Å². The quantitative estimate of drug-likeness (QED) is 0.808. The number of hydrogen-bond donors (Lipinski definition) is 2. The number of nitrogens with one attached hydrogen (secondary N) is 2. The van der Waals surface area contributed by atoms with Crippen molar-refractivity contribution < 1.29 is 13.9 Å². The molecule has 1 aromatic carbocycles. The number of ether oxygens (including phenoxy) is 1. The van der Waals surface area contributed by atoms with Crippen molar-refractivity contribution in [1.82, 2.24) is 10.6 Å². The molecule has 0 saturated carbocycles. The van der Waals surface area contributed by atoms with E-state index in [1.54, 1.807) is 13.2 Å².